The van der Waals surface area contributed by atoms with E-state index in [-0.39, 0.29) is 42.2 Å². The van der Waals surface area contributed by atoms with Gasteiger partial charge in [-0.15, -0.1) is 0 Å². The predicted molar refractivity (Wildman–Crippen MR) is 107 cm³/mol. The molecule has 1 aliphatic carbocycles. The van der Waals surface area contributed by atoms with Crippen molar-refractivity contribution in [1.29, 1.82) is 0 Å². The Hall–Kier alpha value is -3.56. The summed E-state index contributed by atoms with van der Waals surface area (Å²) in [5, 5.41) is 11.0. The molecule has 1 aromatic carbocycles. The molecule has 0 unspecified atom stereocenters. The number of aromatic nitrogens is 5. The van der Waals surface area contributed by atoms with Crippen molar-refractivity contribution in [3.05, 3.63) is 57.1 Å². The van der Waals surface area contributed by atoms with Gasteiger partial charge in [-0.25, -0.2) is 4.79 Å². The second kappa shape index (κ2) is 8.44. The number of nitrogens with zero attached hydrogens (tertiary/aromatic N) is 5. The molecular formula is C20H22N6O4. The quantitative estimate of drug-likeness (QED) is 0.642. The van der Waals surface area contributed by atoms with Crippen LogP contribution in [0.15, 0.2) is 44.4 Å². The summed E-state index contributed by atoms with van der Waals surface area (Å²) >= 11 is 0. The average Bonchev–Trinajstić information content (AvgIpc) is 3.44. The lowest BCUT2D eigenvalue weighted by molar-refractivity contribution is -0.121. The highest BCUT2D eigenvalue weighted by atomic mass is 16.5. The third-order valence-corrected chi connectivity index (χ3v) is 5.14. The maximum absolute atomic E-state index is 12.5. The number of benzene rings is 1. The Morgan fingerprint density at radius 2 is 1.93 bits per heavy atom. The van der Waals surface area contributed by atoms with E-state index in [9.17, 15) is 14.4 Å². The highest BCUT2D eigenvalue weighted by Crippen LogP contribution is 2.18. The Balaban J connectivity index is 1.54. The van der Waals surface area contributed by atoms with Crippen molar-refractivity contribution in [3.8, 4) is 17.2 Å². The predicted octanol–water partition coefficient (Wildman–Crippen LogP) is 0.973. The van der Waals surface area contributed by atoms with E-state index in [4.69, 9.17) is 4.52 Å². The first-order valence-corrected chi connectivity index (χ1v) is 9.91. The van der Waals surface area contributed by atoms with Crippen LogP contribution in [0.4, 0.5) is 0 Å². The van der Waals surface area contributed by atoms with E-state index in [2.05, 4.69) is 20.6 Å². The van der Waals surface area contributed by atoms with E-state index in [1.807, 2.05) is 6.07 Å². The molecule has 0 saturated heterocycles. The van der Waals surface area contributed by atoms with Crippen LogP contribution in [0.5, 0.6) is 0 Å². The Kier molecular flexibility index (Phi) is 5.55. The van der Waals surface area contributed by atoms with Gasteiger partial charge in [0.15, 0.2) is 5.69 Å². The summed E-state index contributed by atoms with van der Waals surface area (Å²) in [5.41, 5.74) is -0.807. The van der Waals surface area contributed by atoms with Gasteiger partial charge in [-0.2, -0.15) is 14.8 Å². The minimum Gasteiger partial charge on any atom is -0.353 e. The van der Waals surface area contributed by atoms with E-state index in [1.165, 1.54) is 7.05 Å². The van der Waals surface area contributed by atoms with E-state index >= 15 is 0 Å². The standard InChI is InChI=1S/C20H22N6O4/c1-25-19(28)17(23-26(20(25)29)14-9-3-2-4-10-14)18-22-16(30-24-18)12-11-15(27)21-13-7-5-6-8-13/h2-4,9-10,13H,5-8,11-12H2,1H3,(H,21,27). The van der Waals surface area contributed by atoms with Crippen molar-refractivity contribution < 1.29 is 9.32 Å². The van der Waals surface area contributed by atoms with Crippen LogP contribution in [-0.2, 0) is 18.3 Å². The molecule has 156 valence electrons. The second-order valence-corrected chi connectivity index (χ2v) is 7.30. The van der Waals surface area contributed by atoms with Crippen LogP contribution in [-0.4, -0.2) is 36.4 Å². The fourth-order valence-corrected chi connectivity index (χ4v) is 3.49. The molecule has 0 spiro atoms. The summed E-state index contributed by atoms with van der Waals surface area (Å²) in [5.74, 6) is 0.146. The third kappa shape index (κ3) is 4.07. The highest BCUT2D eigenvalue weighted by molar-refractivity contribution is 5.76. The summed E-state index contributed by atoms with van der Waals surface area (Å²) in [4.78, 5) is 41.3. The summed E-state index contributed by atoms with van der Waals surface area (Å²) in [7, 11) is 1.36. The molecule has 4 rings (SSSR count). The van der Waals surface area contributed by atoms with Gasteiger partial charge in [-0.05, 0) is 25.0 Å². The molecule has 0 aliphatic heterocycles. The molecule has 1 amide bonds. The fourth-order valence-electron chi connectivity index (χ4n) is 3.49. The number of aryl methyl sites for hydroxylation is 1. The number of para-hydroxylation sites is 1. The zero-order valence-corrected chi connectivity index (χ0v) is 16.6. The zero-order chi connectivity index (χ0) is 21.1. The molecule has 10 heteroatoms. The third-order valence-electron chi connectivity index (χ3n) is 5.14. The summed E-state index contributed by atoms with van der Waals surface area (Å²) in [6.07, 6.45) is 4.79. The van der Waals surface area contributed by atoms with Crippen molar-refractivity contribution in [2.45, 2.75) is 44.6 Å². The van der Waals surface area contributed by atoms with E-state index in [1.54, 1.807) is 24.3 Å². The lowest BCUT2D eigenvalue weighted by Gasteiger charge is -2.10. The molecular weight excluding hydrogens is 388 g/mol. The van der Waals surface area contributed by atoms with Crippen molar-refractivity contribution >= 4 is 5.91 Å². The topological polar surface area (TPSA) is 125 Å². The van der Waals surface area contributed by atoms with Crippen LogP contribution >= 0.6 is 0 Å². The van der Waals surface area contributed by atoms with Gasteiger partial charge in [0.05, 0.1) is 5.69 Å². The summed E-state index contributed by atoms with van der Waals surface area (Å²) in [6, 6.07) is 8.99. The average molecular weight is 410 g/mol. The first-order valence-electron chi connectivity index (χ1n) is 9.91. The normalized spacial score (nSPS) is 14.2. The molecule has 0 atom stereocenters. The smallest absolute Gasteiger partial charge is 0.351 e. The van der Waals surface area contributed by atoms with Gasteiger partial charge in [-0.1, -0.05) is 36.2 Å². The largest absolute Gasteiger partial charge is 0.353 e. The van der Waals surface area contributed by atoms with Crippen LogP contribution in [0.25, 0.3) is 17.2 Å². The van der Waals surface area contributed by atoms with Gasteiger partial charge < -0.3 is 9.84 Å². The highest BCUT2D eigenvalue weighted by Gasteiger charge is 2.20. The van der Waals surface area contributed by atoms with Gasteiger partial charge in [0.1, 0.15) is 0 Å². The molecule has 10 nitrogen and oxygen atoms in total. The number of hydrogen-bond acceptors (Lipinski definition) is 7. The van der Waals surface area contributed by atoms with E-state index in [0.717, 1.165) is 34.9 Å². The Morgan fingerprint density at radius 1 is 1.20 bits per heavy atom. The summed E-state index contributed by atoms with van der Waals surface area (Å²) < 4.78 is 7.25. The van der Waals surface area contributed by atoms with Gasteiger partial charge >= 0.3 is 5.69 Å². The van der Waals surface area contributed by atoms with E-state index < -0.39 is 11.2 Å². The lowest BCUT2D eigenvalue weighted by atomic mass is 10.2. The number of hydrogen-bond donors (Lipinski definition) is 1. The van der Waals surface area contributed by atoms with Crippen molar-refractivity contribution in [2.24, 2.45) is 7.05 Å². The summed E-state index contributed by atoms with van der Waals surface area (Å²) in [6.45, 7) is 0. The van der Waals surface area contributed by atoms with Crippen LogP contribution in [0.3, 0.4) is 0 Å². The maximum Gasteiger partial charge on any atom is 0.351 e. The molecule has 1 N–H and O–H groups in total. The molecule has 30 heavy (non-hydrogen) atoms. The van der Waals surface area contributed by atoms with Crippen LogP contribution in [0, 0.1) is 0 Å². The number of nitrogens with one attached hydrogen (secondary N) is 1. The molecule has 1 aliphatic rings. The van der Waals surface area contributed by atoms with Crippen LogP contribution in [0.2, 0.25) is 0 Å². The molecule has 0 bridgehead atoms. The van der Waals surface area contributed by atoms with Gasteiger partial charge in [-0.3, -0.25) is 14.2 Å². The SMILES string of the molecule is Cn1c(=O)c(-c2noc(CCC(=O)NC3CCCC3)n2)nn(-c2ccccc2)c1=O. The monoisotopic (exact) mass is 410 g/mol. The lowest BCUT2D eigenvalue weighted by Crippen LogP contribution is -2.40. The van der Waals surface area contributed by atoms with Gasteiger partial charge in [0, 0.05) is 25.9 Å². The van der Waals surface area contributed by atoms with Crippen LogP contribution in [0.1, 0.15) is 38.0 Å². The molecule has 1 fully saturated rings. The first kappa shape index (κ1) is 19.7. The van der Waals surface area contributed by atoms with Crippen molar-refractivity contribution in [2.75, 3.05) is 0 Å². The molecule has 2 heterocycles. The minimum atomic E-state index is -0.626. The zero-order valence-electron chi connectivity index (χ0n) is 16.6. The number of rotatable bonds is 6. The fraction of sp³-hybridized carbons (Fsp3) is 0.400. The molecule has 2 aromatic heterocycles. The van der Waals surface area contributed by atoms with Crippen LogP contribution < -0.4 is 16.6 Å². The molecule has 3 aromatic rings. The molecule has 0 radical (unpaired) electrons. The first-order chi connectivity index (χ1) is 14.5. The van der Waals surface area contributed by atoms with E-state index in [0.29, 0.717) is 5.69 Å². The Labute approximate surface area is 171 Å². The van der Waals surface area contributed by atoms with Crippen molar-refractivity contribution in [1.82, 2.24) is 29.8 Å². The number of amides is 1. The maximum atomic E-state index is 12.5. The van der Waals surface area contributed by atoms with Crippen molar-refractivity contribution in [3.63, 3.8) is 0 Å². The Morgan fingerprint density at radius 3 is 2.67 bits per heavy atom. The number of carbonyl (C=O) groups excluding carboxylic acids is 1. The molecule has 1 saturated carbocycles. The second-order valence-electron chi connectivity index (χ2n) is 7.30. The minimum absolute atomic E-state index is 0.0218. The van der Waals surface area contributed by atoms with Gasteiger partial charge in [0.2, 0.25) is 17.6 Å². The number of carbonyl (C=O) groups is 1. The van der Waals surface area contributed by atoms with Gasteiger partial charge in [0.25, 0.3) is 5.56 Å². The Bertz CT molecular complexity index is 1160.